The van der Waals surface area contributed by atoms with Gasteiger partial charge in [-0.05, 0) is 74.7 Å². The van der Waals surface area contributed by atoms with Crippen molar-refractivity contribution in [3.8, 4) is 5.75 Å². The third-order valence-electron chi connectivity index (χ3n) is 5.61. The fourth-order valence-corrected chi connectivity index (χ4v) is 5.64. The van der Waals surface area contributed by atoms with E-state index in [1.807, 2.05) is 27.0 Å². The third kappa shape index (κ3) is 3.84. The molecule has 1 atom stereocenters. The molecule has 0 aliphatic carbocycles. The van der Waals surface area contributed by atoms with Crippen LogP contribution in [0.15, 0.2) is 53.6 Å². The van der Waals surface area contributed by atoms with Gasteiger partial charge >= 0.3 is 0 Å². The van der Waals surface area contributed by atoms with Crippen LogP contribution in [-0.4, -0.2) is 36.5 Å². The molecule has 0 saturated carbocycles. The highest BCUT2D eigenvalue weighted by Crippen LogP contribution is 2.33. The Hall–Kier alpha value is -2.38. The van der Waals surface area contributed by atoms with Crippen LogP contribution in [0.4, 0.5) is 4.39 Å². The predicted octanol–water partition coefficient (Wildman–Crippen LogP) is 4.77. The van der Waals surface area contributed by atoms with Gasteiger partial charge in [0.1, 0.15) is 11.6 Å². The molecule has 2 heterocycles. The SMILES string of the molecule is CCc1cn(C2CCN(S(=O)(=O)c3ccc(OC(C)C)cc3)C2)c2ccc(F)cc12. The summed E-state index contributed by atoms with van der Waals surface area (Å²) in [4.78, 5) is 0.271. The maximum absolute atomic E-state index is 13.7. The van der Waals surface area contributed by atoms with E-state index in [1.54, 1.807) is 36.4 Å². The quantitative estimate of drug-likeness (QED) is 0.566. The number of halogens is 1. The molecule has 30 heavy (non-hydrogen) atoms. The molecule has 3 aromatic rings. The van der Waals surface area contributed by atoms with E-state index < -0.39 is 10.0 Å². The topological polar surface area (TPSA) is 51.5 Å². The number of ether oxygens (including phenoxy) is 1. The summed E-state index contributed by atoms with van der Waals surface area (Å²) in [7, 11) is -3.58. The molecule has 0 radical (unpaired) electrons. The first kappa shape index (κ1) is 20.9. The van der Waals surface area contributed by atoms with Crippen molar-refractivity contribution in [3.63, 3.8) is 0 Å². The molecule has 1 aromatic heterocycles. The van der Waals surface area contributed by atoms with Crippen LogP contribution in [0.5, 0.6) is 5.75 Å². The zero-order valence-corrected chi connectivity index (χ0v) is 18.3. The standard InChI is InChI=1S/C23H27FN2O3S/c1-4-17-14-26(23-10-5-18(24)13-22(17)23)19-11-12-25(15-19)30(27,28)21-8-6-20(7-9-21)29-16(2)3/h5-10,13-14,16,19H,4,11-12,15H2,1-3H3. The van der Waals surface area contributed by atoms with Gasteiger partial charge in [0.05, 0.1) is 11.0 Å². The first-order chi connectivity index (χ1) is 14.3. The second kappa shape index (κ2) is 8.04. The minimum absolute atomic E-state index is 0.0246. The molecule has 160 valence electrons. The highest BCUT2D eigenvalue weighted by Gasteiger charge is 2.34. The van der Waals surface area contributed by atoms with Crippen LogP contribution in [0.1, 0.15) is 38.8 Å². The van der Waals surface area contributed by atoms with E-state index in [1.165, 1.54) is 10.4 Å². The van der Waals surface area contributed by atoms with Crippen LogP contribution in [0.3, 0.4) is 0 Å². The number of benzene rings is 2. The van der Waals surface area contributed by atoms with Crippen molar-refractivity contribution >= 4 is 20.9 Å². The monoisotopic (exact) mass is 430 g/mol. The summed E-state index contributed by atoms with van der Waals surface area (Å²) in [6, 6.07) is 11.4. The Labute approximate surface area is 177 Å². The Bertz CT molecular complexity index is 1150. The molecule has 1 aliphatic heterocycles. The van der Waals surface area contributed by atoms with Crippen molar-refractivity contribution in [2.45, 2.75) is 50.7 Å². The molecule has 5 nitrogen and oxygen atoms in total. The van der Waals surface area contributed by atoms with Gasteiger partial charge < -0.3 is 9.30 Å². The minimum Gasteiger partial charge on any atom is -0.491 e. The van der Waals surface area contributed by atoms with Crippen LogP contribution in [0.25, 0.3) is 10.9 Å². The molecule has 0 spiro atoms. The average Bonchev–Trinajstić information content (AvgIpc) is 3.32. The van der Waals surface area contributed by atoms with Gasteiger partial charge in [0.15, 0.2) is 0 Å². The molecule has 4 rings (SSSR count). The second-order valence-electron chi connectivity index (χ2n) is 8.02. The maximum Gasteiger partial charge on any atom is 0.243 e. The van der Waals surface area contributed by atoms with Gasteiger partial charge in [0.2, 0.25) is 10.0 Å². The second-order valence-corrected chi connectivity index (χ2v) is 9.96. The highest BCUT2D eigenvalue weighted by atomic mass is 32.2. The van der Waals surface area contributed by atoms with E-state index in [2.05, 4.69) is 4.57 Å². The lowest BCUT2D eigenvalue weighted by Gasteiger charge is -2.18. The Morgan fingerprint density at radius 3 is 2.57 bits per heavy atom. The number of aryl methyl sites for hydroxylation is 1. The summed E-state index contributed by atoms with van der Waals surface area (Å²) < 4.78 is 49.3. The van der Waals surface area contributed by atoms with Crippen molar-refractivity contribution in [1.29, 1.82) is 0 Å². The Morgan fingerprint density at radius 2 is 1.90 bits per heavy atom. The zero-order chi connectivity index (χ0) is 21.5. The number of rotatable bonds is 6. The van der Waals surface area contributed by atoms with Crippen LogP contribution in [0, 0.1) is 5.82 Å². The van der Waals surface area contributed by atoms with Gasteiger partial charge in [-0.1, -0.05) is 6.92 Å². The van der Waals surface area contributed by atoms with E-state index in [0.717, 1.165) is 29.3 Å². The Balaban J connectivity index is 1.58. The molecule has 2 aromatic carbocycles. The largest absolute Gasteiger partial charge is 0.491 e. The summed E-state index contributed by atoms with van der Waals surface area (Å²) >= 11 is 0. The van der Waals surface area contributed by atoms with Crippen molar-refractivity contribution in [1.82, 2.24) is 8.87 Å². The van der Waals surface area contributed by atoms with E-state index in [4.69, 9.17) is 4.74 Å². The van der Waals surface area contributed by atoms with Gasteiger partial charge in [-0.15, -0.1) is 0 Å². The van der Waals surface area contributed by atoms with E-state index in [9.17, 15) is 12.8 Å². The summed E-state index contributed by atoms with van der Waals surface area (Å²) in [5.74, 6) is 0.400. The molecular weight excluding hydrogens is 403 g/mol. The van der Waals surface area contributed by atoms with E-state index in [-0.39, 0.29) is 22.9 Å². The Morgan fingerprint density at radius 1 is 1.17 bits per heavy atom. The number of nitrogens with zero attached hydrogens (tertiary/aromatic N) is 2. The molecular formula is C23H27FN2O3S. The minimum atomic E-state index is -3.58. The zero-order valence-electron chi connectivity index (χ0n) is 17.5. The fraction of sp³-hybridized carbons (Fsp3) is 0.391. The molecule has 0 N–H and O–H groups in total. The van der Waals surface area contributed by atoms with Crippen LogP contribution >= 0.6 is 0 Å². The van der Waals surface area contributed by atoms with Crippen LogP contribution in [-0.2, 0) is 16.4 Å². The van der Waals surface area contributed by atoms with E-state index in [0.29, 0.717) is 18.8 Å². The molecule has 7 heteroatoms. The van der Waals surface area contributed by atoms with Gasteiger partial charge in [-0.25, -0.2) is 12.8 Å². The third-order valence-corrected chi connectivity index (χ3v) is 7.49. The molecule has 0 amide bonds. The summed E-state index contributed by atoms with van der Waals surface area (Å²) in [6.45, 7) is 6.76. The van der Waals surface area contributed by atoms with Crippen LogP contribution < -0.4 is 4.74 Å². The summed E-state index contributed by atoms with van der Waals surface area (Å²) in [5, 5.41) is 0.902. The number of hydrogen-bond acceptors (Lipinski definition) is 3. The fourth-order valence-electron chi connectivity index (χ4n) is 4.15. The number of sulfonamides is 1. The van der Waals surface area contributed by atoms with Crippen molar-refractivity contribution < 1.29 is 17.5 Å². The maximum atomic E-state index is 13.7. The smallest absolute Gasteiger partial charge is 0.243 e. The van der Waals surface area contributed by atoms with Gasteiger partial charge in [-0.2, -0.15) is 4.31 Å². The molecule has 1 unspecified atom stereocenters. The first-order valence-electron chi connectivity index (χ1n) is 10.4. The normalized spacial score (nSPS) is 17.8. The Kier molecular flexibility index (Phi) is 5.59. The van der Waals surface area contributed by atoms with Crippen molar-refractivity contribution in [2.75, 3.05) is 13.1 Å². The highest BCUT2D eigenvalue weighted by molar-refractivity contribution is 7.89. The number of aromatic nitrogens is 1. The van der Waals surface area contributed by atoms with Gasteiger partial charge in [-0.3, -0.25) is 0 Å². The average molecular weight is 431 g/mol. The van der Waals surface area contributed by atoms with Crippen LogP contribution in [0.2, 0.25) is 0 Å². The molecule has 1 aliphatic rings. The molecule has 1 fully saturated rings. The van der Waals surface area contributed by atoms with Gasteiger partial charge in [0, 0.05) is 36.2 Å². The van der Waals surface area contributed by atoms with Crippen molar-refractivity contribution in [3.05, 3.63) is 60.0 Å². The predicted molar refractivity (Wildman–Crippen MR) is 116 cm³/mol. The lowest BCUT2D eigenvalue weighted by Crippen LogP contribution is -2.29. The number of fused-ring (bicyclic) bond motifs is 1. The van der Waals surface area contributed by atoms with E-state index >= 15 is 0 Å². The van der Waals surface area contributed by atoms with Crippen molar-refractivity contribution in [2.24, 2.45) is 0 Å². The summed E-state index contributed by atoms with van der Waals surface area (Å²) in [6.07, 6.45) is 3.60. The lowest BCUT2D eigenvalue weighted by atomic mass is 10.1. The lowest BCUT2D eigenvalue weighted by molar-refractivity contribution is 0.242. The first-order valence-corrected chi connectivity index (χ1v) is 11.8. The van der Waals surface area contributed by atoms with Gasteiger partial charge in [0.25, 0.3) is 0 Å². The molecule has 0 bridgehead atoms. The molecule has 1 saturated heterocycles. The number of hydrogen-bond donors (Lipinski definition) is 0. The summed E-state index contributed by atoms with van der Waals surface area (Å²) in [5.41, 5.74) is 2.03.